The monoisotopic (exact) mass is 297 g/mol. The maximum absolute atomic E-state index is 12.0. The maximum Gasteiger partial charge on any atom is 0.227 e. The standard InChI is InChI=1S/C19H23NO2/c1-19(2,3)15-11-9-14(10-12-15)17(21)13-18(22)20-16-7-5-4-6-8-16/h4-12,17,21H,13H2,1-3H3,(H,20,22)/t17-/m0/s1. The summed E-state index contributed by atoms with van der Waals surface area (Å²) in [6.45, 7) is 6.43. The topological polar surface area (TPSA) is 49.3 Å². The predicted molar refractivity (Wildman–Crippen MR) is 89.8 cm³/mol. The van der Waals surface area contributed by atoms with Gasteiger partial charge in [-0.05, 0) is 28.7 Å². The second-order valence-electron chi connectivity index (χ2n) is 6.51. The lowest BCUT2D eigenvalue weighted by molar-refractivity contribution is -0.118. The third kappa shape index (κ3) is 4.43. The van der Waals surface area contributed by atoms with Crippen LogP contribution in [0.5, 0.6) is 0 Å². The smallest absolute Gasteiger partial charge is 0.227 e. The second-order valence-corrected chi connectivity index (χ2v) is 6.51. The number of nitrogens with one attached hydrogen (secondary N) is 1. The number of rotatable bonds is 4. The van der Waals surface area contributed by atoms with Crippen LogP contribution in [0.1, 0.15) is 44.4 Å². The van der Waals surface area contributed by atoms with Gasteiger partial charge in [-0.3, -0.25) is 4.79 Å². The SMILES string of the molecule is CC(C)(C)c1ccc([C@@H](O)CC(=O)Nc2ccccc2)cc1. The van der Waals surface area contributed by atoms with Crippen LogP contribution >= 0.6 is 0 Å². The summed E-state index contributed by atoms with van der Waals surface area (Å²) >= 11 is 0. The Balaban J connectivity index is 1.97. The molecule has 0 bridgehead atoms. The number of hydrogen-bond donors (Lipinski definition) is 2. The van der Waals surface area contributed by atoms with Crippen LogP contribution in [0.3, 0.4) is 0 Å². The molecule has 0 fully saturated rings. The molecule has 1 atom stereocenters. The minimum absolute atomic E-state index is 0.0454. The van der Waals surface area contributed by atoms with Gasteiger partial charge in [0.1, 0.15) is 0 Å². The van der Waals surface area contributed by atoms with Gasteiger partial charge in [0, 0.05) is 5.69 Å². The van der Waals surface area contributed by atoms with Crippen molar-refractivity contribution in [3.63, 3.8) is 0 Å². The largest absolute Gasteiger partial charge is 0.388 e. The Bertz CT molecular complexity index is 612. The van der Waals surface area contributed by atoms with Gasteiger partial charge in [0.15, 0.2) is 0 Å². The molecule has 2 aromatic rings. The average molecular weight is 297 g/mol. The fourth-order valence-electron chi connectivity index (χ4n) is 2.23. The number of carbonyl (C=O) groups excluding carboxylic acids is 1. The van der Waals surface area contributed by atoms with E-state index >= 15 is 0 Å². The molecule has 0 heterocycles. The first kappa shape index (κ1) is 16.2. The molecule has 3 nitrogen and oxygen atoms in total. The van der Waals surface area contributed by atoms with Crippen molar-refractivity contribution in [3.8, 4) is 0 Å². The Labute approximate surface area is 132 Å². The van der Waals surface area contributed by atoms with E-state index in [0.29, 0.717) is 0 Å². The van der Waals surface area contributed by atoms with Crippen molar-refractivity contribution >= 4 is 11.6 Å². The highest BCUT2D eigenvalue weighted by Gasteiger charge is 2.16. The highest BCUT2D eigenvalue weighted by Crippen LogP contribution is 2.25. The maximum atomic E-state index is 12.0. The molecule has 0 aliphatic rings. The van der Waals surface area contributed by atoms with E-state index in [4.69, 9.17) is 0 Å². The molecule has 2 rings (SSSR count). The van der Waals surface area contributed by atoms with Crippen molar-refractivity contribution in [1.29, 1.82) is 0 Å². The lowest BCUT2D eigenvalue weighted by Gasteiger charge is -2.20. The summed E-state index contributed by atoms with van der Waals surface area (Å²) < 4.78 is 0. The first-order valence-corrected chi connectivity index (χ1v) is 7.49. The third-order valence-electron chi connectivity index (χ3n) is 3.60. The summed E-state index contributed by atoms with van der Waals surface area (Å²) in [4.78, 5) is 12.0. The first-order chi connectivity index (χ1) is 10.4. The van der Waals surface area contributed by atoms with E-state index < -0.39 is 6.10 Å². The van der Waals surface area contributed by atoms with E-state index in [1.54, 1.807) is 0 Å². The Morgan fingerprint density at radius 1 is 1.05 bits per heavy atom. The van der Waals surface area contributed by atoms with Crippen molar-refractivity contribution in [2.75, 3.05) is 5.32 Å². The van der Waals surface area contributed by atoms with Gasteiger partial charge in [-0.1, -0.05) is 63.2 Å². The van der Waals surface area contributed by atoms with Crippen LogP contribution in [-0.4, -0.2) is 11.0 Å². The number of hydrogen-bond acceptors (Lipinski definition) is 2. The zero-order valence-electron chi connectivity index (χ0n) is 13.3. The molecule has 22 heavy (non-hydrogen) atoms. The van der Waals surface area contributed by atoms with Crippen LogP contribution in [0.25, 0.3) is 0 Å². The molecule has 0 unspecified atom stereocenters. The van der Waals surface area contributed by atoms with Gasteiger partial charge < -0.3 is 10.4 Å². The zero-order chi connectivity index (χ0) is 16.2. The van der Waals surface area contributed by atoms with Crippen molar-refractivity contribution in [2.24, 2.45) is 0 Å². The molecule has 2 aromatic carbocycles. The Kier molecular flexibility index (Phi) is 4.99. The van der Waals surface area contributed by atoms with E-state index in [1.165, 1.54) is 5.56 Å². The fourth-order valence-corrected chi connectivity index (χ4v) is 2.23. The molecule has 0 saturated heterocycles. The van der Waals surface area contributed by atoms with Gasteiger partial charge in [-0.2, -0.15) is 0 Å². The second kappa shape index (κ2) is 6.75. The molecule has 0 saturated carbocycles. The van der Waals surface area contributed by atoms with Crippen molar-refractivity contribution in [2.45, 2.75) is 38.7 Å². The van der Waals surface area contributed by atoms with E-state index in [2.05, 4.69) is 26.1 Å². The highest BCUT2D eigenvalue weighted by atomic mass is 16.3. The van der Waals surface area contributed by atoms with E-state index in [1.807, 2.05) is 54.6 Å². The summed E-state index contributed by atoms with van der Waals surface area (Å²) in [5.41, 5.74) is 2.78. The minimum Gasteiger partial charge on any atom is -0.388 e. The van der Waals surface area contributed by atoms with Crippen molar-refractivity contribution < 1.29 is 9.90 Å². The van der Waals surface area contributed by atoms with Gasteiger partial charge in [-0.15, -0.1) is 0 Å². The van der Waals surface area contributed by atoms with Gasteiger partial charge >= 0.3 is 0 Å². The van der Waals surface area contributed by atoms with Gasteiger partial charge in [0.25, 0.3) is 0 Å². The molecule has 0 aliphatic carbocycles. The minimum atomic E-state index is -0.794. The van der Waals surface area contributed by atoms with Gasteiger partial charge in [0.2, 0.25) is 5.91 Å². The molecule has 2 N–H and O–H groups in total. The summed E-state index contributed by atoms with van der Waals surface area (Å²) in [6, 6.07) is 17.0. The van der Waals surface area contributed by atoms with Crippen LogP contribution in [0.4, 0.5) is 5.69 Å². The molecule has 3 heteroatoms. The number of aliphatic hydroxyl groups is 1. The lowest BCUT2D eigenvalue weighted by atomic mass is 9.86. The number of benzene rings is 2. The van der Waals surface area contributed by atoms with E-state index in [9.17, 15) is 9.90 Å². The molecular formula is C19H23NO2. The summed E-state index contributed by atoms with van der Waals surface area (Å²) in [6.07, 6.45) is -0.748. The Morgan fingerprint density at radius 3 is 2.18 bits per heavy atom. The van der Waals surface area contributed by atoms with E-state index in [0.717, 1.165) is 11.3 Å². The third-order valence-corrected chi connectivity index (χ3v) is 3.60. The Morgan fingerprint density at radius 2 is 1.64 bits per heavy atom. The normalized spacial score (nSPS) is 12.7. The first-order valence-electron chi connectivity index (χ1n) is 7.49. The summed E-state index contributed by atoms with van der Waals surface area (Å²) in [7, 11) is 0. The molecule has 0 spiro atoms. The zero-order valence-corrected chi connectivity index (χ0v) is 13.3. The van der Waals surface area contributed by atoms with Gasteiger partial charge in [-0.25, -0.2) is 0 Å². The highest BCUT2D eigenvalue weighted by molar-refractivity contribution is 5.91. The predicted octanol–water partition coefficient (Wildman–Crippen LogP) is 4.05. The fraction of sp³-hybridized carbons (Fsp3) is 0.316. The molecule has 1 amide bonds. The van der Waals surface area contributed by atoms with Crippen LogP contribution in [0, 0.1) is 0 Å². The molecule has 0 aliphatic heterocycles. The van der Waals surface area contributed by atoms with Crippen LogP contribution in [-0.2, 0) is 10.2 Å². The molecule has 0 aromatic heterocycles. The summed E-state index contributed by atoms with van der Waals surface area (Å²) in [5.74, 6) is -0.196. The van der Waals surface area contributed by atoms with Crippen LogP contribution < -0.4 is 5.32 Å². The number of anilines is 1. The quantitative estimate of drug-likeness (QED) is 0.894. The molecule has 0 radical (unpaired) electrons. The van der Waals surface area contributed by atoms with E-state index in [-0.39, 0.29) is 17.7 Å². The summed E-state index contributed by atoms with van der Waals surface area (Å²) in [5, 5.41) is 13.0. The van der Waals surface area contributed by atoms with Gasteiger partial charge in [0.05, 0.1) is 12.5 Å². The Hall–Kier alpha value is -2.13. The average Bonchev–Trinajstić information content (AvgIpc) is 2.47. The number of carbonyl (C=O) groups is 1. The number of aliphatic hydroxyl groups excluding tert-OH is 1. The molecule has 116 valence electrons. The number of amides is 1. The van der Waals surface area contributed by atoms with Crippen molar-refractivity contribution in [1.82, 2.24) is 0 Å². The lowest BCUT2D eigenvalue weighted by Crippen LogP contribution is -2.16. The van der Waals surface area contributed by atoms with Crippen molar-refractivity contribution in [3.05, 3.63) is 65.7 Å². The van der Waals surface area contributed by atoms with Crippen LogP contribution in [0.15, 0.2) is 54.6 Å². The van der Waals surface area contributed by atoms with Crippen LogP contribution in [0.2, 0.25) is 0 Å². The number of para-hydroxylation sites is 1. The molecular weight excluding hydrogens is 274 g/mol.